The van der Waals surface area contributed by atoms with E-state index in [2.05, 4.69) is 10.2 Å². The number of benzene rings is 2. The van der Waals surface area contributed by atoms with E-state index in [0.29, 0.717) is 31.6 Å². The van der Waals surface area contributed by atoms with Gasteiger partial charge in [-0.15, -0.1) is 13.2 Å². The number of hydroxylamine groups is 1. The fourth-order valence-electron chi connectivity index (χ4n) is 5.73. The summed E-state index contributed by atoms with van der Waals surface area (Å²) in [5.74, 6) is -0.791. The number of rotatable bonds is 10. The number of ether oxygens (including phenoxy) is 5. The van der Waals surface area contributed by atoms with E-state index < -0.39 is 42.1 Å². The fourth-order valence-corrected chi connectivity index (χ4v) is 5.73. The molecule has 2 bridgehead atoms. The van der Waals surface area contributed by atoms with Gasteiger partial charge in [-0.1, -0.05) is 0 Å². The highest BCUT2D eigenvalue weighted by atomic mass is 19.4. The van der Waals surface area contributed by atoms with Crippen LogP contribution < -0.4 is 15.0 Å². The minimum Gasteiger partial charge on any atom is -0.457 e. The van der Waals surface area contributed by atoms with Crippen LogP contribution in [0.3, 0.4) is 0 Å². The van der Waals surface area contributed by atoms with Gasteiger partial charge in [0.2, 0.25) is 0 Å². The maximum absolute atomic E-state index is 14.0. The molecule has 3 fully saturated rings. The van der Waals surface area contributed by atoms with Gasteiger partial charge >= 0.3 is 12.5 Å². The number of piperazine rings is 1. The van der Waals surface area contributed by atoms with Crippen LogP contribution in [0.4, 0.5) is 18.0 Å². The predicted octanol–water partition coefficient (Wildman–Crippen LogP) is 4.39. The molecular weight excluding hydrogens is 603 g/mol. The second kappa shape index (κ2) is 13.9. The van der Waals surface area contributed by atoms with Crippen LogP contribution in [0.15, 0.2) is 48.5 Å². The monoisotopic (exact) mass is 637 g/mol. The lowest BCUT2D eigenvalue weighted by Crippen LogP contribution is -2.69. The number of methoxy groups -OCH3 is 1. The van der Waals surface area contributed by atoms with E-state index in [4.69, 9.17) is 23.8 Å². The molecule has 12 nitrogen and oxygen atoms in total. The lowest BCUT2D eigenvalue weighted by Gasteiger charge is -2.47. The Morgan fingerprint density at radius 2 is 1.67 bits per heavy atom. The Hall–Kier alpha value is -4.08. The van der Waals surface area contributed by atoms with Crippen molar-refractivity contribution < 1.29 is 56.1 Å². The molecule has 2 aromatic carbocycles. The van der Waals surface area contributed by atoms with Gasteiger partial charge in [0, 0.05) is 32.2 Å². The topological polar surface area (TPSA) is 125 Å². The number of carbonyl (C=O) groups excluding carboxylic acids is 3. The molecule has 0 spiro atoms. The largest absolute Gasteiger partial charge is 0.573 e. The predicted molar refractivity (Wildman–Crippen MR) is 149 cm³/mol. The summed E-state index contributed by atoms with van der Waals surface area (Å²) in [6.45, 7) is 0.842. The first kappa shape index (κ1) is 32.3. The van der Waals surface area contributed by atoms with Gasteiger partial charge in [-0.25, -0.2) is 15.1 Å². The number of hydrogen-bond acceptors (Lipinski definition) is 9. The number of hydrogen-bond donors (Lipinski definition) is 1. The summed E-state index contributed by atoms with van der Waals surface area (Å²) in [5, 5.41) is 0. The Balaban J connectivity index is 1.30. The number of amides is 3. The molecule has 0 saturated carbocycles. The van der Waals surface area contributed by atoms with Crippen molar-refractivity contribution in [2.75, 3.05) is 40.0 Å². The summed E-state index contributed by atoms with van der Waals surface area (Å²) in [4.78, 5) is 49.1. The number of fused-ring (bicyclic) bond motifs is 2. The molecule has 0 radical (unpaired) electrons. The van der Waals surface area contributed by atoms with E-state index in [9.17, 15) is 27.6 Å². The Labute approximate surface area is 257 Å². The van der Waals surface area contributed by atoms with Gasteiger partial charge in [-0.05, 0) is 74.2 Å². The SMILES string of the molecule is COCCOC(=O)N1CC2CCC(C(=O)NOC3CCCCO3)(C1)N2C(=O)c1ccc(Oc2ccc(OC(F)(F)F)cc2)cc1. The third kappa shape index (κ3) is 7.78. The van der Waals surface area contributed by atoms with E-state index in [-0.39, 0.29) is 43.4 Å². The average molecular weight is 638 g/mol. The Morgan fingerprint density at radius 3 is 2.31 bits per heavy atom. The molecule has 15 heteroatoms. The number of nitrogens with zero attached hydrogens (tertiary/aromatic N) is 2. The van der Waals surface area contributed by atoms with Gasteiger partial charge in [0.15, 0.2) is 6.29 Å². The van der Waals surface area contributed by atoms with Crippen LogP contribution in [0.5, 0.6) is 17.2 Å². The van der Waals surface area contributed by atoms with Crippen molar-refractivity contribution in [1.29, 1.82) is 0 Å². The van der Waals surface area contributed by atoms with E-state index in [1.54, 1.807) is 0 Å². The van der Waals surface area contributed by atoms with Gasteiger partial charge in [-0.3, -0.25) is 9.59 Å². The molecule has 3 saturated heterocycles. The zero-order chi connectivity index (χ0) is 32.0. The smallest absolute Gasteiger partial charge is 0.457 e. The molecule has 0 aromatic heterocycles. The van der Waals surface area contributed by atoms with Gasteiger partial charge in [0.1, 0.15) is 29.4 Å². The van der Waals surface area contributed by atoms with Crippen molar-refractivity contribution in [3.8, 4) is 17.2 Å². The van der Waals surface area contributed by atoms with Crippen LogP contribution in [0.1, 0.15) is 42.5 Å². The van der Waals surface area contributed by atoms with Crippen molar-refractivity contribution in [1.82, 2.24) is 15.3 Å². The molecule has 3 amide bonds. The normalized spacial score (nSPS) is 22.9. The standard InChI is InChI=1S/C30H34F3N3O9/c1-40-16-17-42-28(39)35-18-21-13-14-29(19-35,27(38)34-45-25-4-2-3-15-41-25)36(21)26(37)20-5-7-22(8-6-20)43-23-9-11-24(12-10-23)44-30(31,32)33/h5-12,21,25H,2-4,13-19H2,1H3,(H,34,38). The molecule has 45 heavy (non-hydrogen) atoms. The summed E-state index contributed by atoms with van der Waals surface area (Å²) >= 11 is 0. The lowest BCUT2D eigenvalue weighted by molar-refractivity contribution is -0.274. The number of likely N-dealkylation sites (tertiary alicyclic amines) is 1. The van der Waals surface area contributed by atoms with Gasteiger partial charge in [0.25, 0.3) is 11.8 Å². The second-order valence-electron chi connectivity index (χ2n) is 10.9. The van der Waals surface area contributed by atoms with Crippen LogP contribution in [-0.4, -0.2) is 92.0 Å². The molecule has 3 unspecified atom stereocenters. The highest BCUT2D eigenvalue weighted by Gasteiger charge is 2.59. The number of alkyl halides is 3. The first-order valence-electron chi connectivity index (χ1n) is 14.5. The van der Waals surface area contributed by atoms with E-state index in [1.165, 1.54) is 53.3 Å². The first-order chi connectivity index (χ1) is 21.6. The summed E-state index contributed by atoms with van der Waals surface area (Å²) in [5.41, 5.74) is 1.34. The van der Waals surface area contributed by atoms with Crippen molar-refractivity contribution in [2.45, 2.75) is 56.3 Å². The highest BCUT2D eigenvalue weighted by Crippen LogP contribution is 2.41. The molecule has 3 heterocycles. The molecule has 0 aliphatic carbocycles. The zero-order valence-electron chi connectivity index (χ0n) is 24.5. The van der Waals surface area contributed by atoms with Crippen molar-refractivity contribution in [3.05, 3.63) is 54.1 Å². The van der Waals surface area contributed by atoms with Crippen LogP contribution in [0.2, 0.25) is 0 Å². The first-order valence-corrected chi connectivity index (χ1v) is 14.5. The Bertz CT molecular complexity index is 1340. The van der Waals surface area contributed by atoms with Crippen LogP contribution >= 0.6 is 0 Å². The van der Waals surface area contributed by atoms with E-state index >= 15 is 0 Å². The molecular formula is C30H34F3N3O9. The van der Waals surface area contributed by atoms with Gasteiger partial charge < -0.3 is 33.5 Å². The van der Waals surface area contributed by atoms with Gasteiger partial charge in [-0.2, -0.15) is 0 Å². The fraction of sp³-hybridized carbons (Fsp3) is 0.500. The van der Waals surface area contributed by atoms with E-state index in [0.717, 1.165) is 25.0 Å². The van der Waals surface area contributed by atoms with Crippen LogP contribution in [0.25, 0.3) is 0 Å². The third-order valence-corrected chi connectivity index (χ3v) is 7.83. The summed E-state index contributed by atoms with van der Waals surface area (Å²) in [6.07, 6.45) is -2.88. The highest BCUT2D eigenvalue weighted by molar-refractivity contribution is 6.00. The number of halogens is 3. The molecule has 3 atom stereocenters. The average Bonchev–Trinajstić information content (AvgIpc) is 3.27. The van der Waals surface area contributed by atoms with Crippen molar-refractivity contribution in [2.24, 2.45) is 0 Å². The van der Waals surface area contributed by atoms with Crippen LogP contribution in [0, 0.1) is 0 Å². The Kier molecular flexibility index (Phi) is 9.99. The molecule has 2 aromatic rings. The maximum Gasteiger partial charge on any atom is 0.573 e. The molecule has 5 rings (SSSR count). The minimum absolute atomic E-state index is 0.0420. The van der Waals surface area contributed by atoms with Gasteiger partial charge in [0.05, 0.1) is 19.2 Å². The Morgan fingerprint density at radius 1 is 0.978 bits per heavy atom. The second-order valence-corrected chi connectivity index (χ2v) is 10.9. The third-order valence-electron chi connectivity index (χ3n) is 7.83. The summed E-state index contributed by atoms with van der Waals surface area (Å²) in [7, 11) is 1.49. The summed E-state index contributed by atoms with van der Waals surface area (Å²) in [6, 6.07) is 10.6. The maximum atomic E-state index is 14.0. The van der Waals surface area contributed by atoms with E-state index in [1.807, 2.05) is 0 Å². The van der Waals surface area contributed by atoms with Crippen LogP contribution in [-0.2, 0) is 23.8 Å². The quantitative estimate of drug-likeness (QED) is 0.298. The number of nitrogens with one attached hydrogen (secondary N) is 1. The molecule has 1 N–H and O–H groups in total. The lowest BCUT2D eigenvalue weighted by atomic mass is 9.93. The van der Waals surface area contributed by atoms with Crippen molar-refractivity contribution >= 4 is 17.9 Å². The molecule has 3 aliphatic rings. The zero-order valence-corrected chi connectivity index (χ0v) is 24.5. The van der Waals surface area contributed by atoms with Crippen molar-refractivity contribution in [3.63, 3.8) is 0 Å². The molecule has 3 aliphatic heterocycles. The number of carbonyl (C=O) groups is 3. The summed E-state index contributed by atoms with van der Waals surface area (Å²) < 4.78 is 62.7. The minimum atomic E-state index is -4.81. The molecule has 244 valence electrons.